The summed E-state index contributed by atoms with van der Waals surface area (Å²) in [7, 11) is 1.54. The van der Waals surface area contributed by atoms with Crippen molar-refractivity contribution in [3.8, 4) is 0 Å². The number of ether oxygens (including phenoxy) is 10. The summed E-state index contributed by atoms with van der Waals surface area (Å²) in [5, 5.41) is 30.2. The molecule has 0 aromatic carbocycles. The molecule has 0 amide bonds. The molecule has 10 aliphatic rings. The van der Waals surface area contributed by atoms with Gasteiger partial charge >= 0.3 is 5.97 Å². The fourth-order valence-corrected chi connectivity index (χ4v) is 11.2. The molecule has 10 aliphatic heterocycles. The number of aliphatic hydroxyl groups is 3. The van der Waals surface area contributed by atoms with E-state index in [1.807, 2.05) is 0 Å². The Morgan fingerprint density at radius 3 is 2.33 bits per heavy atom. The molecule has 1 spiro atoms. The van der Waals surface area contributed by atoms with Crippen LogP contribution in [0.15, 0.2) is 24.3 Å². The Hall–Kier alpha value is -1.53. The number of fused-ring (bicyclic) bond motifs is 6. The van der Waals surface area contributed by atoms with E-state index in [1.54, 1.807) is 0 Å². The van der Waals surface area contributed by atoms with Crippen molar-refractivity contribution in [2.45, 2.75) is 206 Å². The van der Waals surface area contributed by atoms with E-state index in [-0.39, 0.29) is 80.1 Å². The van der Waals surface area contributed by atoms with Crippen molar-refractivity contribution in [1.29, 1.82) is 0 Å². The molecular formula is C41H60O14. The van der Waals surface area contributed by atoms with Gasteiger partial charge in [0.15, 0.2) is 11.9 Å². The first-order chi connectivity index (χ1) is 26.5. The van der Waals surface area contributed by atoms with Crippen LogP contribution in [-0.2, 0) is 52.2 Å². The van der Waals surface area contributed by atoms with Crippen molar-refractivity contribution >= 4 is 5.97 Å². The molecule has 14 nitrogen and oxygen atoms in total. The summed E-state index contributed by atoms with van der Waals surface area (Å²) in [6, 6.07) is 0. The van der Waals surface area contributed by atoms with Crippen molar-refractivity contribution in [1.82, 2.24) is 0 Å². The standard InChI is InChI=1S/C41H60O14/c1-19-11-24-5-7-27-20(2)12-26(47-27)9-10-41-17-32-37(54-41)38-39(52-32)40(55-41)35-28(51-38)8-6-25(49-35)15-33(45)53-36-31(16-29(48-24)21(19)3)50-30(34(36)46-4)14-22(43)13-23(44)18-42/h19,22-32,34-40,42-44H,2-3,5-18H2,1,4H3/t19-,22+,23?,24+,25-,26+,27+,28+,29-,30+,31+,32+,34+,35+,36+,37+,38?,39-,40+,41+/m1/s1. The zero-order valence-electron chi connectivity index (χ0n) is 32.1. The lowest BCUT2D eigenvalue weighted by Gasteiger charge is -2.47. The lowest BCUT2D eigenvalue weighted by atomic mass is 9.84. The molecule has 0 aromatic rings. The van der Waals surface area contributed by atoms with Gasteiger partial charge in [-0.15, -0.1) is 0 Å². The van der Waals surface area contributed by atoms with Gasteiger partial charge in [0.2, 0.25) is 0 Å². The Balaban J connectivity index is 0.982. The van der Waals surface area contributed by atoms with Crippen LogP contribution in [0.5, 0.6) is 0 Å². The highest BCUT2D eigenvalue weighted by molar-refractivity contribution is 5.70. The summed E-state index contributed by atoms with van der Waals surface area (Å²) in [5.74, 6) is -1.07. The molecule has 3 N–H and O–H groups in total. The van der Waals surface area contributed by atoms with E-state index in [1.165, 1.54) is 7.11 Å². The molecule has 20 atom stereocenters. The summed E-state index contributed by atoms with van der Waals surface area (Å²) in [6.07, 6.45) is -0.474. The summed E-state index contributed by atoms with van der Waals surface area (Å²) in [6.45, 7) is 10.5. The zero-order chi connectivity index (χ0) is 38.2. The van der Waals surface area contributed by atoms with Crippen LogP contribution < -0.4 is 0 Å². The van der Waals surface area contributed by atoms with Crippen molar-refractivity contribution in [3.05, 3.63) is 24.3 Å². The van der Waals surface area contributed by atoms with E-state index in [4.69, 9.17) is 47.4 Å². The van der Waals surface area contributed by atoms with E-state index >= 15 is 0 Å². The molecule has 14 heteroatoms. The van der Waals surface area contributed by atoms with Crippen molar-refractivity contribution in [2.75, 3.05) is 13.7 Å². The number of rotatable bonds is 6. The topological polar surface area (TPSA) is 170 Å². The van der Waals surface area contributed by atoms with Gasteiger partial charge in [-0.3, -0.25) is 4.79 Å². The number of methoxy groups -OCH3 is 1. The fraction of sp³-hybridized carbons (Fsp3) is 0.878. The molecule has 10 heterocycles. The van der Waals surface area contributed by atoms with Crippen LogP contribution in [0.2, 0.25) is 0 Å². The third kappa shape index (κ3) is 7.50. The number of aliphatic hydroxyl groups excluding tert-OH is 3. The van der Waals surface area contributed by atoms with Crippen molar-refractivity contribution in [2.24, 2.45) is 5.92 Å². The molecule has 2 unspecified atom stereocenters. The quantitative estimate of drug-likeness (QED) is 0.266. The first-order valence-electron chi connectivity index (χ1n) is 20.8. The van der Waals surface area contributed by atoms with Crippen LogP contribution in [0.3, 0.4) is 0 Å². The lowest BCUT2D eigenvalue weighted by molar-refractivity contribution is -0.293. The number of carbonyl (C=O) groups is 1. The van der Waals surface area contributed by atoms with Crippen molar-refractivity contribution < 1.29 is 67.5 Å². The van der Waals surface area contributed by atoms with Crippen LogP contribution in [0.4, 0.5) is 0 Å². The van der Waals surface area contributed by atoms with Gasteiger partial charge in [0, 0.05) is 39.2 Å². The maximum atomic E-state index is 13.9. The van der Waals surface area contributed by atoms with Gasteiger partial charge in [-0.25, -0.2) is 0 Å². The highest BCUT2D eigenvalue weighted by Crippen LogP contribution is 2.54. The molecule has 12 bridgehead atoms. The second-order valence-electron chi connectivity index (χ2n) is 17.8. The average Bonchev–Trinajstić information content (AvgIpc) is 3.83. The average molecular weight is 777 g/mol. The Labute approximate surface area is 323 Å². The highest BCUT2D eigenvalue weighted by atomic mass is 16.8. The van der Waals surface area contributed by atoms with Gasteiger partial charge in [0.1, 0.15) is 42.7 Å². The third-order valence-electron chi connectivity index (χ3n) is 14.0. The largest absolute Gasteiger partial charge is 0.457 e. The van der Waals surface area contributed by atoms with E-state index in [0.717, 1.165) is 43.3 Å². The predicted octanol–water partition coefficient (Wildman–Crippen LogP) is 2.56. The molecule has 308 valence electrons. The SMILES string of the molecule is C=C1C[C@@H]2CC[C@@]34C[C@@H]5O[C@@H]6C(O[C@H]7CC[C@H](CC(=O)O[C@@H]8[C@@H](OC)[C@H](C[C@@H](O)CC(O)CO)O[C@H]8C[C@H]8O[C@@H](CC[C@@H]1O2)C[C@@H](C)C8=C)O[C@@H]7[C@@H]6O3)[C@H]5O4. The molecule has 0 aromatic heterocycles. The van der Waals surface area contributed by atoms with Gasteiger partial charge in [-0.1, -0.05) is 20.1 Å². The van der Waals surface area contributed by atoms with Crippen LogP contribution in [0.25, 0.3) is 0 Å². The Morgan fingerprint density at radius 1 is 0.764 bits per heavy atom. The van der Waals surface area contributed by atoms with Gasteiger partial charge < -0.3 is 62.7 Å². The molecule has 10 rings (SSSR count). The normalized spacial score (nSPS) is 50.6. The molecule has 55 heavy (non-hydrogen) atoms. The van der Waals surface area contributed by atoms with Crippen LogP contribution in [0.1, 0.15) is 90.4 Å². The summed E-state index contributed by atoms with van der Waals surface area (Å²) >= 11 is 0. The van der Waals surface area contributed by atoms with E-state index < -0.39 is 73.3 Å². The van der Waals surface area contributed by atoms with Gasteiger partial charge in [-0.05, 0) is 62.0 Å². The van der Waals surface area contributed by atoms with Gasteiger partial charge in [0.25, 0.3) is 0 Å². The molecule has 0 radical (unpaired) electrons. The Morgan fingerprint density at radius 2 is 1.51 bits per heavy atom. The Kier molecular flexibility index (Phi) is 11.0. The molecule has 10 saturated heterocycles. The minimum Gasteiger partial charge on any atom is -0.457 e. The minimum absolute atomic E-state index is 0.0159. The predicted molar refractivity (Wildman–Crippen MR) is 192 cm³/mol. The van der Waals surface area contributed by atoms with Gasteiger partial charge in [-0.2, -0.15) is 0 Å². The minimum atomic E-state index is -1.07. The van der Waals surface area contributed by atoms with Gasteiger partial charge in [0.05, 0.1) is 74.1 Å². The van der Waals surface area contributed by atoms with E-state index in [0.29, 0.717) is 32.1 Å². The number of esters is 1. The summed E-state index contributed by atoms with van der Waals surface area (Å²) < 4.78 is 65.8. The number of hydrogen-bond donors (Lipinski definition) is 3. The molecular weight excluding hydrogens is 716 g/mol. The second kappa shape index (κ2) is 15.6. The summed E-state index contributed by atoms with van der Waals surface area (Å²) in [4.78, 5) is 13.9. The van der Waals surface area contributed by atoms with Crippen LogP contribution >= 0.6 is 0 Å². The van der Waals surface area contributed by atoms with E-state index in [2.05, 4.69) is 20.1 Å². The maximum Gasteiger partial charge on any atom is 0.308 e. The molecule has 0 saturated carbocycles. The molecule has 0 aliphatic carbocycles. The lowest BCUT2D eigenvalue weighted by Crippen LogP contribution is -2.61. The smallest absolute Gasteiger partial charge is 0.308 e. The van der Waals surface area contributed by atoms with E-state index in [9.17, 15) is 20.1 Å². The second-order valence-corrected chi connectivity index (χ2v) is 17.8. The zero-order valence-corrected chi connectivity index (χ0v) is 32.1. The Bertz CT molecular complexity index is 1440. The first-order valence-corrected chi connectivity index (χ1v) is 20.8. The van der Waals surface area contributed by atoms with Crippen molar-refractivity contribution in [3.63, 3.8) is 0 Å². The fourth-order valence-electron chi connectivity index (χ4n) is 11.2. The molecule has 10 fully saturated rings. The van der Waals surface area contributed by atoms with Crippen LogP contribution in [-0.4, -0.2) is 151 Å². The highest BCUT2D eigenvalue weighted by Gasteiger charge is 2.68. The first kappa shape index (κ1) is 39.0. The monoisotopic (exact) mass is 776 g/mol. The van der Waals surface area contributed by atoms with Crippen LogP contribution in [0, 0.1) is 5.92 Å². The summed E-state index contributed by atoms with van der Waals surface area (Å²) in [5.41, 5.74) is 2.07. The number of carbonyl (C=O) groups excluding carboxylic acids is 1. The number of hydrogen-bond acceptors (Lipinski definition) is 14. The maximum absolute atomic E-state index is 13.9. The third-order valence-corrected chi connectivity index (χ3v) is 14.0.